The molecular formula is C21H24BrN2O2+. The number of rotatable bonds is 5. The molecule has 1 fully saturated rings. The Morgan fingerprint density at radius 3 is 2.42 bits per heavy atom. The Balaban J connectivity index is 1.81. The largest absolute Gasteiger partial charge is 0.325 e. The van der Waals surface area contributed by atoms with Crippen molar-refractivity contribution >= 4 is 33.3 Å². The number of halogens is 1. The quantitative estimate of drug-likeness (QED) is 0.737. The van der Waals surface area contributed by atoms with Crippen molar-refractivity contribution in [1.82, 2.24) is 0 Å². The van der Waals surface area contributed by atoms with Gasteiger partial charge in [-0.3, -0.25) is 9.59 Å². The van der Waals surface area contributed by atoms with Gasteiger partial charge in [0.05, 0.1) is 18.8 Å². The molecule has 3 rings (SSSR count). The van der Waals surface area contributed by atoms with Gasteiger partial charge in [0, 0.05) is 15.6 Å². The first kappa shape index (κ1) is 18.8. The zero-order valence-electron chi connectivity index (χ0n) is 14.9. The minimum atomic E-state index is -0.126. The van der Waals surface area contributed by atoms with Gasteiger partial charge in [0.2, 0.25) is 0 Å². The predicted molar refractivity (Wildman–Crippen MR) is 107 cm³/mol. The third-order valence-corrected chi connectivity index (χ3v) is 5.51. The number of hydrogen-bond acceptors (Lipinski definition) is 2. The molecule has 0 saturated carbocycles. The second-order valence-corrected chi connectivity index (χ2v) is 7.73. The molecule has 5 heteroatoms. The van der Waals surface area contributed by atoms with Crippen molar-refractivity contribution < 1.29 is 14.5 Å². The van der Waals surface area contributed by atoms with Crippen molar-refractivity contribution in [2.75, 3.05) is 18.4 Å². The van der Waals surface area contributed by atoms with E-state index in [2.05, 4.69) is 21.2 Å². The summed E-state index contributed by atoms with van der Waals surface area (Å²) in [6.45, 7) is 4.03. The van der Waals surface area contributed by atoms with Crippen LogP contribution in [0.2, 0.25) is 0 Å². The van der Waals surface area contributed by atoms with Crippen LogP contribution in [0.4, 0.5) is 5.69 Å². The van der Waals surface area contributed by atoms with Crippen molar-refractivity contribution in [3.05, 3.63) is 64.1 Å². The number of anilines is 1. The number of carbonyl (C=O) groups excluding carboxylic acids is 2. The van der Waals surface area contributed by atoms with Crippen LogP contribution in [0.15, 0.2) is 53.0 Å². The van der Waals surface area contributed by atoms with E-state index in [9.17, 15) is 9.59 Å². The Labute approximate surface area is 162 Å². The lowest BCUT2D eigenvalue weighted by molar-refractivity contribution is -0.918. The number of quaternary nitrogens is 1. The van der Waals surface area contributed by atoms with E-state index in [1.165, 1.54) is 24.2 Å². The fourth-order valence-corrected chi connectivity index (χ4v) is 3.78. The Morgan fingerprint density at radius 2 is 1.73 bits per heavy atom. The van der Waals surface area contributed by atoms with E-state index in [1.54, 1.807) is 24.3 Å². The van der Waals surface area contributed by atoms with Crippen LogP contribution in [0.3, 0.4) is 0 Å². The fourth-order valence-electron chi connectivity index (χ4n) is 3.42. The second kappa shape index (κ2) is 8.60. The minimum Gasteiger partial charge on any atom is -0.325 e. The van der Waals surface area contributed by atoms with E-state index in [0.717, 1.165) is 17.6 Å². The molecule has 1 saturated heterocycles. The van der Waals surface area contributed by atoms with Gasteiger partial charge < -0.3 is 10.2 Å². The third kappa shape index (κ3) is 4.40. The number of nitrogens with one attached hydrogen (secondary N) is 2. The summed E-state index contributed by atoms with van der Waals surface area (Å²) >= 11 is 3.43. The maximum atomic E-state index is 12.9. The van der Waals surface area contributed by atoms with Crippen molar-refractivity contribution in [3.8, 4) is 0 Å². The van der Waals surface area contributed by atoms with Gasteiger partial charge in [-0.2, -0.15) is 0 Å². The Kier molecular flexibility index (Phi) is 6.22. The van der Waals surface area contributed by atoms with E-state index in [4.69, 9.17) is 0 Å². The van der Waals surface area contributed by atoms with Crippen molar-refractivity contribution in [3.63, 3.8) is 0 Å². The van der Waals surface area contributed by atoms with Gasteiger partial charge in [-0.25, -0.2) is 0 Å². The number of carbonyl (C=O) groups is 2. The Morgan fingerprint density at radius 1 is 1.04 bits per heavy atom. The first-order valence-electron chi connectivity index (χ1n) is 9.11. The number of ketones is 1. The van der Waals surface area contributed by atoms with Crippen LogP contribution in [-0.4, -0.2) is 30.8 Å². The molecule has 2 aromatic carbocycles. The zero-order valence-corrected chi connectivity index (χ0v) is 16.5. The summed E-state index contributed by atoms with van der Waals surface area (Å²) in [6, 6.07) is 14.4. The summed E-state index contributed by atoms with van der Waals surface area (Å²) in [4.78, 5) is 27.0. The number of piperidine rings is 1. The molecular weight excluding hydrogens is 392 g/mol. The van der Waals surface area contributed by atoms with Crippen LogP contribution < -0.4 is 10.2 Å². The number of amides is 1. The summed E-state index contributed by atoms with van der Waals surface area (Å²) in [6.07, 6.45) is 3.59. The lowest BCUT2D eigenvalue weighted by atomic mass is 10.0. The summed E-state index contributed by atoms with van der Waals surface area (Å²) in [5.74, 6) is -0.133. The normalized spacial score (nSPS) is 16.1. The van der Waals surface area contributed by atoms with Crippen LogP contribution in [0.25, 0.3) is 0 Å². The molecule has 0 unspecified atom stereocenters. The van der Waals surface area contributed by atoms with Crippen molar-refractivity contribution in [2.45, 2.75) is 32.2 Å². The van der Waals surface area contributed by atoms with Gasteiger partial charge in [-0.05, 0) is 44.4 Å². The van der Waals surface area contributed by atoms with Crippen molar-refractivity contribution in [2.24, 2.45) is 0 Å². The molecule has 0 aliphatic carbocycles. The fraction of sp³-hybridized carbons (Fsp3) is 0.333. The van der Waals surface area contributed by atoms with E-state index in [0.29, 0.717) is 16.8 Å². The first-order valence-corrected chi connectivity index (χ1v) is 9.90. The molecule has 2 aromatic rings. The topological polar surface area (TPSA) is 50.6 Å². The van der Waals surface area contributed by atoms with Crippen LogP contribution in [0, 0.1) is 0 Å². The first-order chi connectivity index (χ1) is 12.6. The highest BCUT2D eigenvalue weighted by Crippen LogP contribution is 2.24. The molecule has 0 spiro atoms. The lowest BCUT2D eigenvalue weighted by Gasteiger charge is -2.28. The highest BCUT2D eigenvalue weighted by Gasteiger charge is 2.27. The molecule has 4 nitrogen and oxygen atoms in total. The molecule has 26 heavy (non-hydrogen) atoms. The van der Waals surface area contributed by atoms with Gasteiger partial charge in [0.15, 0.2) is 11.8 Å². The zero-order chi connectivity index (χ0) is 18.5. The summed E-state index contributed by atoms with van der Waals surface area (Å²) < 4.78 is 0.810. The molecule has 136 valence electrons. The highest BCUT2D eigenvalue weighted by molar-refractivity contribution is 9.10. The van der Waals surface area contributed by atoms with Gasteiger partial charge >= 0.3 is 0 Å². The van der Waals surface area contributed by atoms with Crippen molar-refractivity contribution in [1.29, 1.82) is 0 Å². The molecule has 0 radical (unpaired) electrons. The van der Waals surface area contributed by atoms with Gasteiger partial charge in [0.25, 0.3) is 5.91 Å². The standard InChI is InChI=1S/C21H23BrN2O2/c1-15(24-12-6-3-7-13-24)21(26)23-19-11-10-17(22)14-18(19)20(25)16-8-4-2-5-9-16/h2,4-5,8-11,14-15H,3,6-7,12-13H2,1H3,(H,23,26)/p+1/t15-/m1/s1. The van der Waals surface area contributed by atoms with Crippen LogP contribution >= 0.6 is 15.9 Å². The number of hydrogen-bond donors (Lipinski definition) is 2. The SMILES string of the molecule is C[C@H](C(=O)Nc1ccc(Br)cc1C(=O)c1ccccc1)[NH+]1CCCCC1. The minimum absolute atomic E-state index is 0.0358. The predicted octanol–water partition coefficient (Wildman–Crippen LogP) is 3.08. The van der Waals surface area contributed by atoms with E-state index >= 15 is 0 Å². The third-order valence-electron chi connectivity index (χ3n) is 5.02. The average molecular weight is 416 g/mol. The molecule has 1 aliphatic heterocycles. The van der Waals surface area contributed by atoms with E-state index < -0.39 is 0 Å². The Bertz CT molecular complexity index is 786. The monoisotopic (exact) mass is 415 g/mol. The van der Waals surface area contributed by atoms with E-state index in [1.807, 2.05) is 31.2 Å². The molecule has 2 N–H and O–H groups in total. The molecule has 1 atom stereocenters. The van der Waals surface area contributed by atoms with Gasteiger partial charge in [0.1, 0.15) is 0 Å². The maximum absolute atomic E-state index is 12.9. The van der Waals surface area contributed by atoms with Gasteiger partial charge in [-0.1, -0.05) is 46.3 Å². The number of benzene rings is 2. The van der Waals surface area contributed by atoms with Gasteiger partial charge in [-0.15, -0.1) is 0 Å². The molecule has 1 heterocycles. The molecule has 0 aromatic heterocycles. The van der Waals surface area contributed by atoms with Crippen LogP contribution in [0.5, 0.6) is 0 Å². The van der Waals surface area contributed by atoms with Crippen LogP contribution in [0.1, 0.15) is 42.1 Å². The maximum Gasteiger partial charge on any atom is 0.282 e. The lowest BCUT2D eigenvalue weighted by Crippen LogP contribution is -3.17. The number of likely N-dealkylation sites (tertiary alicyclic amines) is 1. The smallest absolute Gasteiger partial charge is 0.282 e. The Hall–Kier alpha value is -1.98. The summed E-state index contributed by atoms with van der Waals surface area (Å²) in [5.41, 5.74) is 1.67. The highest BCUT2D eigenvalue weighted by atomic mass is 79.9. The summed E-state index contributed by atoms with van der Waals surface area (Å²) in [7, 11) is 0. The van der Waals surface area contributed by atoms with Crippen LogP contribution in [-0.2, 0) is 4.79 Å². The second-order valence-electron chi connectivity index (χ2n) is 6.81. The molecule has 1 aliphatic rings. The average Bonchev–Trinajstić information content (AvgIpc) is 2.69. The summed E-state index contributed by atoms with van der Waals surface area (Å²) in [5, 5.41) is 2.98. The van der Waals surface area contributed by atoms with E-state index in [-0.39, 0.29) is 17.7 Å². The molecule has 1 amide bonds. The molecule has 0 bridgehead atoms.